The van der Waals surface area contributed by atoms with Gasteiger partial charge < -0.3 is 15.1 Å². The molecular weight excluding hydrogens is 362 g/mol. The van der Waals surface area contributed by atoms with Gasteiger partial charge in [-0.3, -0.25) is 9.78 Å². The van der Waals surface area contributed by atoms with Gasteiger partial charge in [-0.05, 0) is 49.7 Å². The van der Waals surface area contributed by atoms with Gasteiger partial charge >= 0.3 is 0 Å². The monoisotopic (exact) mass is 387 g/mol. The fraction of sp³-hybridized carbons (Fsp3) is 0.261. The summed E-state index contributed by atoms with van der Waals surface area (Å²) in [6, 6.07) is 15.8. The molecule has 3 aromatic rings. The highest BCUT2D eigenvalue weighted by Gasteiger charge is 2.19. The predicted molar refractivity (Wildman–Crippen MR) is 117 cm³/mol. The third-order valence-corrected chi connectivity index (χ3v) is 5.22. The first kappa shape index (κ1) is 18.9. The highest BCUT2D eigenvalue weighted by atomic mass is 16.1. The molecule has 0 atom stereocenters. The van der Waals surface area contributed by atoms with Gasteiger partial charge in [0.15, 0.2) is 0 Å². The Hall–Kier alpha value is -3.41. The van der Waals surface area contributed by atoms with Crippen molar-refractivity contribution in [3.05, 3.63) is 77.7 Å². The normalized spacial score (nSPS) is 14.0. The van der Waals surface area contributed by atoms with Crippen LogP contribution in [0.3, 0.4) is 0 Å². The number of hydrogen-bond donors (Lipinski definition) is 1. The topological polar surface area (TPSA) is 61.4 Å². The van der Waals surface area contributed by atoms with Gasteiger partial charge in [0.05, 0.1) is 0 Å². The Kier molecular flexibility index (Phi) is 5.42. The maximum atomic E-state index is 12.7. The van der Waals surface area contributed by atoms with Crippen molar-refractivity contribution in [3.63, 3.8) is 0 Å². The molecule has 1 N–H and O–H groups in total. The summed E-state index contributed by atoms with van der Waals surface area (Å²) in [5.41, 5.74) is 4.48. The van der Waals surface area contributed by atoms with Gasteiger partial charge in [0, 0.05) is 49.9 Å². The summed E-state index contributed by atoms with van der Waals surface area (Å²) in [5.74, 6) is 0.821. The van der Waals surface area contributed by atoms with E-state index in [0.29, 0.717) is 5.69 Å². The first-order valence-corrected chi connectivity index (χ1v) is 9.86. The first-order chi connectivity index (χ1) is 14.1. The molecule has 0 spiro atoms. The van der Waals surface area contributed by atoms with E-state index in [0.717, 1.165) is 48.9 Å². The average molecular weight is 387 g/mol. The van der Waals surface area contributed by atoms with Crippen LogP contribution in [0.1, 0.15) is 21.6 Å². The van der Waals surface area contributed by atoms with E-state index < -0.39 is 0 Å². The van der Waals surface area contributed by atoms with Crippen molar-refractivity contribution >= 4 is 23.1 Å². The number of nitrogens with zero attached hydrogens (tertiary/aromatic N) is 4. The Morgan fingerprint density at radius 2 is 1.69 bits per heavy atom. The van der Waals surface area contributed by atoms with Crippen molar-refractivity contribution in [3.8, 4) is 0 Å². The van der Waals surface area contributed by atoms with Crippen LogP contribution in [-0.2, 0) is 0 Å². The van der Waals surface area contributed by atoms with Gasteiger partial charge in [0.2, 0.25) is 0 Å². The lowest BCUT2D eigenvalue weighted by atomic mass is 10.1. The Morgan fingerprint density at radius 3 is 2.41 bits per heavy atom. The molecule has 29 heavy (non-hydrogen) atoms. The Balaban J connectivity index is 1.43. The largest absolute Gasteiger partial charge is 0.368 e. The van der Waals surface area contributed by atoms with E-state index in [2.05, 4.69) is 31.2 Å². The molecule has 2 aromatic heterocycles. The van der Waals surface area contributed by atoms with Crippen molar-refractivity contribution in [2.24, 2.45) is 0 Å². The number of carbonyl (C=O) groups excluding carboxylic acids is 1. The zero-order valence-electron chi connectivity index (χ0n) is 16.8. The lowest BCUT2D eigenvalue weighted by Crippen LogP contribution is -2.46. The van der Waals surface area contributed by atoms with Crippen molar-refractivity contribution in [1.29, 1.82) is 0 Å². The second-order valence-corrected chi connectivity index (χ2v) is 7.33. The molecule has 148 valence electrons. The highest BCUT2D eigenvalue weighted by molar-refractivity contribution is 6.03. The molecule has 1 saturated heterocycles. The summed E-state index contributed by atoms with van der Waals surface area (Å²) in [5, 5.41) is 2.98. The number of pyridine rings is 2. The number of piperazine rings is 1. The standard InChI is InChI=1S/C23H25N5O/c1-17-6-7-20(18(2)15-17)26-23(29)21-16-19(8-10-24-21)27-11-13-28(14-12-27)22-5-3-4-9-25-22/h3-10,15-16H,11-14H2,1-2H3,(H,26,29). The lowest BCUT2D eigenvalue weighted by molar-refractivity contribution is 0.102. The molecule has 6 heteroatoms. The minimum Gasteiger partial charge on any atom is -0.368 e. The Morgan fingerprint density at radius 1 is 0.897 bits per heavy atom. The second-order valence-electron chi connectivity index (χ2n) is 7.33. The summed E-state index contributed by atoms with van der Waals surface area (Å²) < 4.78 is 0. The molecule has 0 aliphatic carbocycles. The molecule has 1 aliphatic heterocycles. The van der Waals surface area contributed by atoms with Crippen LogP contribution in [0.5, 0.6) is 0 Å². The Bertz CT molecular complexity index is 997. The lowest BCUT2D eigenvalue weighted by Gasteiger charge is -2.36. The molecule has 1 amide bonds. The van der Waals surface area contributed by atoms with E-state index in [1.165, 1.54) is 5.56 Å². The number of nitrogens with one attached hydrogen (secondary N) is 1. The van der Waals surface area contributed by atoms with Crippen LogP contribution >= 0.6 is 0 Å². The maximum Gasteiger partial charge on any atom is 0.274 e. The smallest absolute Gasteiger partial charge is 0.274 e. The number of anilines is 3. The summed E-state index contributed by atoms with van der Waals surface area (Å²) in [6.07, 6.45) is 3.53. The van der Waals surface area contributed by atoms with Crippen LogP contribution in [0.2, 0.25) is 0 Å². The molecule has 6 nitrogen and oxygen atoms in total. The minimum absolute atomic E-state index is 0.189. The van der Waals surface area contributed by atoms with E-state index >= 15 is 0 Å². The number of benzene rings is 1. The first-order valence-electron chi connectivity index (χ1n) is 9.86. The van der Waals surface area contributed by atoms with Crippen molar-refractivity contribution in [2.75, 3.05) is 41.3 Å². The SMILES string of the molecule is Cc1ccc(NC(=O)c2cc(N3CCN(c4ccccn4)CC3)ccn2)c(C)c1. The molecule has 0 bridgehead atoms. The summed E-state index contributed by atoms with van der Waals surface area (Å²) in [7, 11) is 0. The zero-order chi connectivity index (χ0) is 20.2. The van der Waals surface area contributed by atoms with Gasteiger partial charge in [-0.25, -0.2) is 4.98 Å². The zero-order valence-corrected chi connectivity index (χ0v) is 16.8. The molecule has 1 aromatic carbocycles. The number of aromatic nitrogens is 2. The second kappa shape index (κ2) is 8.31. The number of carbonyl (C=O) groups is 1. The summed E-state index contributed by atoms with van der Waals surface area (Å²) >= 11 is 0. The van der Waals surface area contributed by atoms with Gasteiger partial charge in [-0.2, -0.15) is 0 Å². The molecule has 0 radical (unpaired) electrons. The molecule has 0 unspecified atom stereocenters. The minimum atomic E-state index is -0.189. The van der Waals surface area contributed by atoms with Crippen LogP contribution in [0.4, 0.5) is 17.2 Å². The third-order valence-electron chi connectivity index (χ3n) is 5.22. The van der Waals surface area contributed by atoms with Crippen molar-refractivity contribution in [2.45, 2.75) is 13.8 Å². The predicted octanol–water partition coefficient (Wildman–Crippen LogP) is 3.67. The van der Waals surface area contributed by atoms with Gasteiger partial charge in [-0.1, -0.05) is 23.8 Å². The quantitative estimate of drug-likeness (QED) is 0.740. The number of aryl methyl sites for hydroxylation is 2. The molecule has 1 aliphatic rings. The van der Waals surface area contributed by atoms with Gasteiger partial charge in [0.1, 0.15) is 11.5 Å². The summed E-state index contributed by atoms with van der Waals surface area (Å²) in [6.45, 7) is 7.56. The highest BCUT2D eigenvalue weighted by Crippen LogP contribution is 2.21. The van der Waals surface area contributed by atoms with E-state index in [1.54, 1.807) is 6.20 Å². The Labute approximate surface area is 171 Å². The maximum absolute atomic E-state index is 12.7. The fourth-order valence-electron chi connectivity index (χ4n) is 3.62. The molecule has 1 fully saturated rings. The number of hydrogen-bond acceptors (Lipinski definition) is 5. The van der Waals surface area contributed by atoms with E-state index in [9.17, 15) is 4.79 Å². The fourth-order valence-corrected chi connectivity index (χ4v) is 3.62. The van der Waals surface area contributed by atoms with Gasteiger partial charge in [0.25, 0.3) is 5.91 Å². The average Bonchev–Trinajstić information content (AvgIpc) is 2.76. The van der Waals surface area contributed by atoms with Crippen LogP contribution in [0, 0.1) is 13.8 Å². The number of rotatable bonds is 4. The molecule has 3 heterocycles. The third kappa shape index (κ3) is 4.37. The van der Waals surface area contributed by atoms with Crippen LogP contribution < -0.4 is 15.1 Å². The van der Waals surface area contributed by atoms with Crippen LogP contribution in [0.25, 0.3) is 0 Å². The molecule has 0 saturated carbocycles. The van der Waals surface area contributed by atoms with Crippen LogP contribution in [0.15, 0.2) is 60.9 Å². The van der Waals surface area contributed by atoms with Crippen LogP contribution in [-0.4, -0.2) is 42.1 Å². The molecule has 4 rings (SSSR count). The number of amides is 1. The summed E-state index contributed by atoms with van der Waals surface area (Å²) in [4.78, 5) is 26.0. The van der Waals surface area contributed by atoms with Gasteiger partial charge in [-0.15, -0.1) is 0 Å². The molecular formula is C23H25N5O. The van der Waals surface area contributed by atoms with Crippen molar-refractivity contribution in [1.82, 2.24) is 9.97 Å². The van der Waals surface area contributed by atoms with E-state index in [1.807, 2.05) is 62.5 Å². The van der Waals surface area contributed by atoms with E-state index in [-0.39, 0.29) is 5.91 Å². The van der Waals surface area contributed by atoms with E-state index in [4.69, 9.17) is 0 Å². The van der Waals surface area contributed by atoms with Crippen molar-refractivity contribution < 1.29 is 4.79 Å².